The minimum atomic E-state index is 0.0532. The molecule has 1 unspecified atom stereocenters. The molecule has 1 atom stereocenters. The van der Waals surface area contributed by atoms with Crippen molar-refractivity contribution in [2.45, 2.75) is 17.9 Å². The molecule has 20 heavy (non-hydrogen) atoms. The molecule has 0 radical (unpaired) electrons. The highest BCUT2D eigenvalue weighted by molar-refractivity contribution is 7.99. The van der Waals surface area contributed by atoms with Gasteiger partial charge in [-0.25, -0.2) is 0 Å². The van der Waals surface area contributed by atoms with E-state index in [0.29, 0.717) is 0 Å². The van der Waals surface area contributed by atoms with E-state index in [2.05, 4.69) is 36.6 Å². The highest BCUT2D eigenvalue weighted by Gasteiger charge is 2.14. The molecule has 0 aliphatic carbocycles. The quantitative estimate of drug-likeness (QED) is 0.486. The highest BCUT2D eigenvalue weighted by Crippen LogP contribution is 2.29. The Kier molecular flexibility index (Phi) is 5.47. The summed E-state index contributed by atoms with van der Waals surface area (Å²) in [5.74, 6) is 7.41. The van der Waals surface area contributed by atoms with Gasteiger partial charge in [-0.2, -0.15) is 0 Å². The van der Waals surface area contributed by atoms with Crippen LogP contribution in [-0.2, 0) is 0 Å². The summed E-state index contributed by atoms with van der Waals surface area (Å²) in [4.78, 5) is 1.24. The van der Waals surface area contributed by atoms with Gasteiger partial charge in [0.2, 0.25) is 0 Å². The standard InChI is InChI=1S/C16H20N2OS/c1-12-7-9-13(10-8-12)20-11-15(18-17)14-5-3-4-6-16(14)19-2/h3-10,15,18H,11,17H2,1-2H3. The molecular weight excluding hydrogens is 268 g/mol. The average molecular weight is 288 g/mol. The summed E-state index contributed by atoms with van der Waals surface area (Å²) >= 11 is 1.78. The van der Waals surface area contributed by atoms with Crippen molar-refractivity contribution in [2.24, 2.45) is 5.84 Å². The van der Waals surface area contributed by atoms with E-state index in [-0.39, 0.29) is 6.04 Å². The largest absolute Gasteiger partial charge is 0.496 e. The molecule has 2 aromatic carbocycles. The summed E-state index contributed by atoms with van der Waals surface area (Å²) < 4.78 is 5.39. The van der Waals surface area contributed by atoms with E-state index in [1.54, 1.807) is 18.9 Å². The fraction of sp³-hybridized carbons (Fsp3) is 0.250. The molecule has 0 aliphatic heterocycles. The van der Waals surface area contributed by atoms with Crippen LogP contribution in [0.1, 0.15) is 17.2 Å². The summed E-state index contributed by atoms with van der Waals surface area (Å²) in [7, 11) is 1.68. The number of thioether (sulfide) groups is 1. The van der Waals surface area contributed by atoms with Gasteiger partial charge in [0, 0.05) is 16.2 Å². The van der Waals surface area contributed by atoms with Gasteiger partial charge in [-0.3, -0.25) is 11.3 Å². The third-order valence-corrected chi connectivity index (χ3v) is 4.26. The lowest BCUT2D eigenvalue weighted by Gasteiger charge is -2.18. The molecule has 0 amide bonds. The molecule has 2 rings (SSSR count). The fourth-order valence-corrected chi connectivity index (χ4v) is 2.96. The van der Waals surface area contributed by atoms with Crippen LogP contribution in [0.4, 0.5) is 0 Å². The number of hydrogen-bond donors (Lipinski definition) is 2. The zero-order chi connectivity index (χ0) is 14.4. The van der Waals surface area contributed by atoms with Crippen molar-refractivity contribution in [3.8, 4) is 5.75 Å². The van der Waals surface area contributed by atoms with E-state index in [4.69, 9.17) is 10.6 Å². The van der Waals surface area contributed by atoms with E-state index in [1.165, 1.54) is 10.5 Å². The van der Waals surface area contributed by atoms with Crippen LogP contribution in [0.15, 0.2) is 53.4 Å². The minimum absolute atomic E-state index is 0.0532. The van der Waals surface area contributed by atoms with Gasteiger partial charge in [0.05, 0.1) is 13.2 Å². The van der Waals surface area contributed by atoms with Crippen LogP contribution in [0.25, 0.3) is 0 Å². The number of methoxy groups -OCH3 is 1. The second-order valence-corrected chi connectivity index (χ2v) is 5.68. The van der Waals surface area contributed by atoms with Crippen LogP contribution < -0.4 is 16.0 Å². The Morgan fingerprint density at radius 1 is 1.15 bits per heavy atom. The van der Waals surface area contributed by atoms with Crippen LogP contribution in [0.3, 0.4) is 0 Å². The van der Waals surface area contributed by atoms with Crippen LogP contribution in [0.2, 0.25) is 0 Å². The maximum atomic E-state index is 5.70. The number of nitrogens with two attached hydrogens (primary N) is 1. The maximum Gasteiger partial charge on any atom is 0.123 e. The predicted octanol–water partition coefficient (Wildman–Crippen LogP) is 3.30. The first-order valence-electron chi connectivity index (χ1n) is 6.53. The second-order valence-electron chi connectivity index (χ2n) is 4.59. The van der Waals surface area contributed by atoms with Crippen LogP contribution in [0.5, 0.6) is 5.75 Å². The maximum absolute atomic E-state index is 5.70. The monoisotopic (exact) mass is 288 g/mol. The summed E-state index contributed by atoms with van der Waals surface area (Å²) in [5.41, 5.74) is 5.23. The van der Waals surface area contributed by atoms with Gasteiger partial charge in [-0.15, -0.1) is 11.8 Å². The Labute approximate surface area is 124 Å². The van der Waals surface area contributed by atoms with Crippen LogP contribution in [-0.4, -0.2) is 12.9 Å². The molecule has 0 aliphatic rings. The SMILES string of the molecule is COc1ccccc1C(CSc1ccc(C)cc1)NN. The fourth-order valence-electron chi connectivity index (χ4n) is 2.00. The lowest BCUT2D eigenvalue weighted by Crippen LogP contribution is -2.30. The van der Waals surface area contributed by atoms with Crippen molar-refractivity contribution >= 4 is 11.8 Å². The lowest BCUT2D eigenvalue weighted by molar-refractivity contribution is 0.403. The normalized spacial score (nSPS) is 12.2. The van der Waals surface area contributed by atoms with E-state index < -0.39 is 0 Å². The topological polar surface area (TPSA) is 47.3 Å². The number of benzene rings is 2. The van der Waals surface area contributed by atoms with Gasteiger partial charge < -0.3 is 4.74 Å². The summed E-state index contributed by atoms with van der Waals surface area (Å²) in [6, 6.07) is 16.5. The molecule has 0 saturated carbocycles. The first kappa shape index (κ1) is 14.9. The van der Waals surface area contributed by atoms with Gasteiger partial charge in [0.25, 0.3) is 0 Å². The first-order chi connectivity index (χ1) is 9.74. The molecule has 0 heterocycles. The average Bonchev–Trinajstić information content (AvgIpc) is 2.50. The first-order valence-corrected chi connectivity index (χ1v) is 7.51. The number of hydrazine groups is 1. The van der Waals surface area contributed by atoms with Crippen molar-refractivity contribution in [1.29, 1.82) is 0 Å². The lowest BCUT2D eigenvalue weighted by atomic mass is 10.1. The van der Waals surface area contributed by atoms with Crippen LogP contribution in [0, 0.1) is 6.92 Å². The van der Waals surface area contributed by atoms with E-state index in [1.807, 2.05) is 24.3 Å². The van der Waals surface area contributed by atoms with Gasteiger partial charge >= 0.3 is 0 Å². The molecule has 3 nitrogen and oxygen atoms in total. The molecule has 0 fully saturated rings. The van der Waals surface area contributed by atoms with Gasteiger partial charge in [-0.05, 0) is 25.1 Å². The highest BCUT2D eigenvalue weighted by atomic mass is 32.2. The van der Waals surface area contributed by atoms with E-state index >= 15 is 0 Å². The van der Waals surface area contributed by atoms with Gasteiger partial charge in [0.1, 0.15) is 5.75 Å². The number of hydrogen-bond acceptors (Lipinski definition) is 4. The number of nitrogens with one attached hydrogen (secondary N) is 1. The van der Waals surface area contributed by atoms with Crippen molar-refractivity contribution in [3.05, 3.63) is 59.7 Å². The Hall–Kier alpha value is -1.49. The Morgan fingerprint density at radius 3 is 2.50 bits per heavy atom. The second kappa shape index (κ2) is 7.33. The Morgan fingerprint density at radius 2 is 1.85 bits per heavy atom. The van der Waals surface area contributed by atoms with Gasteiger partial charge in [-0.1, -0.05) is 35.9 Å². The molecule has 3 N–H and O–H groups in total. The van der Waals surface area contributed by atoms with Crippen LogP contribution >= 0.6 is 11.8 Å². The summed E-state index contributed by atoms with van der Waals surface area (Å²) in [5, 5.41) is 0. The number of rotatable bonds is 6. The Balaban J connectivity index is 2.07. The number of ether oxygens (including phenoxy) is 1. The third-order valence-electron chi connectivity index (χ3n) is 3.15. The van der Waals surface area contributed by atoms with Crippen molar-refractivity contribution in [3.63, 3.8) is 0 Å². The smallest absolute Gasteiger partial charge is 0.123 e. The Bertz CT molecular complexity index is 542. The predicted molar refractivity (Wildman–Crippen MR) is 85.0 cm³/mol. The zero-order valence-corrected chi connectivity index (χ0v) is 12.6. The van der Waals surface area contributed by atoms with Crippen molar-refractivity contribution < 1.29 is 4.74 Å². The summed E-state index contributed by atoms with van der Waals surface area (Å²) in [6.45, 7) is 2.09. The molecule has 0 aromatic heterocycles. The third kappa shape index (κ3) is 3.76. The molecule has 0 spiro atoms. The van der Waals surface area contributed by atoms with Crippen molar-refractivity contribution in [1.82, 2.24) is 5.43 Å². The zero-order valence-electron chi connectivity index (χ0n) is 11.8. The van der Waals surface area contributed by atoms with E-state index in [0.717, 1.165) is 17.1 Å². The minimum Gasteiger partial charge on any atom is -0.496 e. The molecule has 4 heteroatoms. The number of para-hydroxylation sites is 1. The van der Waals surface area contributed by atoms with E-state index in [9.17, 15) is 0 Å². The molecular formula is C16H20N2OS. The molecule has 0 saturated heterocycles. The molecule has 2 aromatic rings. The summed E-state index contributed by atoms with van der Waals surface area (Å²) in [6.07, 6.45) is 0. The number of aryl methyl sites for hydroxylation is 1. The molecule has 106 valence electrons. The molecule has 0 bridgehead atoms. The van der Waals surface area contributed by atoms with Crippen molar-refractivity contribution in [2.75, 3.05) is 12.9 Å². The van der Waals surface area contributed by atoms with Gasteiger partial charge in [0.15, 0.2) is 0 Å².